The number of sulfone groups is 1. The molecule has 8 heteroatoms. The summed E-state index contributed by atoms with van der Waals surface area (Å²) in [7, 11) is -1.68. The van der Waals surface area contributed by atoms with Crippen molar-refractivity contribution in [2.75, 3.05) is 25.1 Å². The van der Waals surface area contributed by atoms with Crippen molar-refractivity contribution in [1.29, 1.82) is 0 Å². The summed E-state index contributed by atoms with van der Waals surface area (Å²) >= 11 is 7.50. The Morgan fingerprint density at radius 1 is 1.17 bits per heavy atom. The van der Waals surface area contributed by atoms with Crippen LogP contribution in [0.2, 0.25) is 5.02 Å². The van der Waals surface area contributed by atoms with E-state index >= 15 is 0 Å². The van der Waals surface area contributed by atoms with Crippen LogP contribution in [0.4, 0.5) is 5.13 Å². The third-order valence-corrected chi connectivity index (χ3v) is 8.83. The maximum Gasteiger partial charge on any atom is 0.185 e. The van der Waals surface area contributed by atoms with Gasteiger partial charge in [0.25, 0.3) is 0 Å². The molecule has 0 bridgehead atoms. The second-order valence-corrected chi connectivity index (χ2v) is 10.8. The zero-order valence-corrected chi connectivity index (χ0v) is 19.0. The fourth-order valence-electron chi connectivity index (χ4n) is 3.69. The number of anilines is 1. The van der Waals surface area contributed by atoms with E-state index in [9.17, 15) is 8.42 Å². The highest BCUT2D eigenvalue weighted by Crippen LogP contribution is 2.30. The van der Waals surface area contributed by atoms with Crippen molar-refractivity contribution >= 4 is 37.9 Å². The van der Waals surface area contributed by atoms with Gasteiger partial charge in [-0.15, -0.1) is 11.3 Å². The van der Waals surface area contributed by atoms with Gasteiger partial charge in [-0.3, -0.25) is 0 Å². The number of nitrogens with zero attached hydrogens (tertiary/aromatic N) is 2. The lowest BCUT2D eigenvalue weighted by atomic mass is 10.1. The molecule has 1 aromatic heterocycles. The number of benzene rings is 2. The molecule has 1 saturated heterocycles. The second kappa shape index (κ2) is 8.96. The van der Waals surface area contributed by atoms with Gasteiger partial charge in [0.05, 0.1) is 22.9 Å². The first-order valence-corrected chi connectivity index (χ1v) is 12.6. The third kappa shape index (κ3) is 4.63. The summed E-state index contributed by atoms with van der Waals surface area (Å²) in [6.07, 6.45) is 1.93. The summed E-state index contributed by atoms with van der Waals surface area (Å²) in [6, 6.07) is 14.4. The lowest BCUT2D eigenvalue weighted by Gasteiger charge is -2.31. The van der Waals surface area contributed by atoms with Crippen LogP contribution in [0.25, 0.3) is 0 Å². The molecule has 0 unspecified atom stereocenters. The number of hydrogen-bond donors (Lipinski definition) is 0. The van der Waals surface area contributed by atoms with E-state index in [-0.39, 0.29) is 5.25 Å². The van der Waals surface area contributed by atoms with Crippen LogP contribution in [0.1, 0.15) is 24.1 Å². The first-order chi connectivity index (χ1) is 14.5. The van der Waals surface area contributed by atoms with Gasteiger partial charge >= 0.3 is 0 Å². The van der Waals surface area contributed by atoms with E-state index in [1.165, 1.54) is 0 Å². The molecule has 2 aromatic carbocycles. The van der Waals surface area contributed by atoms with Crippen molar-refractivity contribution in [3.05, 3.63) is 70.2 Å². The van der Waals surface area contributed by atoms with Crippen molar-refractivity contribution in [3.63, 3.8) is 0 Å². The predicted molar refractivity (Wildman–Crippen MR) is 122 cm³/mol. The maximum atomic E-state index is 12.9. The third-order valence-electron chi connectivity index (χ3n) is 5.35. The number of piperidine rings is 1. The summed E-state index contributed by atoms with van der Waals surface area (Å²) in [5, 5.41) is 3.20. The SMILES string of the molecule is COc1cccc(Cc2csc(N3CCC(S(=O)(=O)c4ccc(Cl)cc4)CC3)n2)c1. The van der Waals surface area contributed by atoms with E-state index in [0.717, 1.165) is 28.6 Å². The quantitative estimate of drug-likeness (QED) is 0.524. The minimum atomic E-state index is -3.34. The monoisotopic (exact) mass is 462 g/mol. The molecule has 0 amide bonds. The van der Waals surface area contributed by atoms with Gasteiger partial charge in [0.2, 0.25) is 0 Å². The molecule has 0 aliphatic carbocycles. The van der Waals surface area contributed by atoms with Gasteiger partial charge in [0, 0.05) is 29.9 Å². The van der Waals surface area contributed by atoms with E-state index in [2.05, 4.69) is 16.3 Å². The lowest BCUT2D eigenvalue weighted by molar-refractivity contribution is 0.414. The molecule has 30 heavy (non-hydrogen) atoms. The summed E-state index contributed by atoms with van der Waals surface area (Å²) in [5.41, 5.74) is 2.16. The number of methoxy groups -OCH3 is 1. The molecule has 1 aliphatic rings. The van der Waals surface area contributed by atoms with E-state index < -0.39 is 9.84 Å². The second-order valence-electron chi connectivity index (χ2n) is 7.34. The first-order valence-electron chi connectivity index (χ1n) is 9.77. The Bertz CT molecular complexity index is 1110. The molecule has 0 atom stereocenters. The van der Waals surface area contributed by atoms with Crippen molar-refractivity contribution in [1.82, 2.24) is 4.98 Å². The van der Waals surface area contributed by atoms with Crippen LogP contribution in [0.15, 0.2) is 58.8 Å². The van der Waals surface area contributed by atoms with Crippen LogP contribution >= 0.6 is 22.9 Å². The van der Waals surface area contributed by atoms with Gasteiger partial charge in [-0.2, -0.15) is 0 Å². The van der Waals surface area contributed by atoms with Crippen LogP contribution < -0.4 is 9.64 Å². The van der Waals surface area contributed by atoms with Crippen LogP contribution in [-0.2, 0) is 16.3 Å². The number of hydrogen-bond acceptors (Lipinski definition) is 6. The lowest BCUT2D eigenvalue weighted by Crippen LogP contribution is -2.39. The Kier molecular flexibility index (Phi) is 6.32. The van der Waals surface area contributed by atoms with Crippen molar-refractivity contribution in [2.45, 2.75) is 29.4 Å². The Hall–Kier alpha value is -2.09. The zero-order chi connectivity index (χ0) is 21.1. The van der Waals surface area contributed by atoms with Crippen LogP contribution in [0.3, 0.4) is 0 Å². The van der Waals surface area contributed by atoms with Gasteiger partial charge in [-0.05, 0) is 54.8 Å². The Morgan fingerprint density at radius 2 is 1.90 bits per heavy atom. The minimum absolute atomic E-state index is 0.347. The smallest absolute Gasteiger partial charge is 0.185 e. The van der Waals surface area contributed by atoms with Gasteiger partial charge < -0.3 is 9.64 Å². The average Bonchev–Trinajstić information content (AvgIpc) is 3.23. The van der Waals surface area contributed by atoms with E-state index in [0.29, 0.717) is 35.8 Å². The molecule has 1 fully saturated rings. The molecular weight excluding hydrogens is 440 g/mol. The maximum absolute atomic E-state index is 12.9. The number of thiazole rings is 1. The van der Waals surface area contributed by atoms with E-state index in [4.69, 9.17) is 21.3 Å². The van der Waals surface area contributed by atoms with Crippen LogP contribution in [0, 0.1) is 0 Å². The predicted octanol–water partition coefficient (Wildman–Crippen LogP) is 4.84. The van der Waals surface area contributed by atoms with Gasteiger partial charge in [0.15, 0.2) is 15.0 Å². The van der Waals surface area contributed by atoms with Gasteiger partial charge in [-0.25, -0.2) is 13.4 Å². The molecule has 3 aromatic rings. The van der Waals surface area contributed by atoms with E-state index in [1.54, 1.807) is 42.7 Å². The van der Waals surface area contributed by atoms with Crippen LogP contribution in [-0.4, -0.2) is 38.9 Å². The molecule has 0 saturated carbocycles. The number of ether oxygens (including phenoxy) is 1. The highest BCUT2D eigenvalue weighted by Gasteiger charge is 2.32. The number of rotatable bonds is 6. The Balaban J connectivity index is 1.39. The topological polar surface area (TPSA) is 59.5 Å². The molecule has 0 radical (unpaired) electrons. The molecule has 2 heterocycles. The fraction of sp³-hybridized carbons (Fsp3) is 0.318. The highest BCUT2D eigenvalue weighted by atomic mass is 35.5. The highest BCUT2D eigenvalue weighted by molar-refractivity contribution is 7.92. The fourth-order valence-corrected chi connectivity index (χ4v) is 6.43. The molecule has 1 aliphatic heterocycles. The van der Waals surface area contributed by atoms with Gasteiger partial charge in [0.1, 0.15) is 5.75 Å². The molecule has 4 rings (SSSR count). The number of aromatic nitrogens is 1. The standard InChI is InChI=1S/C22H23ClN2O3S2/c1-28-19-4-2-3-16(14-19)13-18-15-29-22(24-18)25-11-9-21(10-12-25)30(26,27)20-7-5-17(23)6-8-20/h2-8,14-15,21H,9-13H2,1H3. The molecule has 0 N–H and O–H groups in total. The summed E-state index contributed by atoms with van der Waals surface area (Å²) in [5.74, 6) is 0.840. The summed E-state index contributed by atoms with van der Waals surface area (Å²) < 4.78 is 31.1. The first kappa shape index (κ1) is 21.2. The average molecular weight is 463 g/mol. The van der Waals surface area contributed by atoms with Crippen molar-refractivity contribution in [2.24, 2.45) is 0 Å². The molecular formula is C22H23ClN2O3S2. The Labute approximate surface area is 186 Å². The largest absolute Gasteiger partial charge is 0.497 e. The van der Waals surface area contributed by atoms with Crippen molar-refractivity contribution in [3.8, 4) is 5.75 Å². The number of halogens is 1. The summed E-state index contributed by atoms with van der Waals surface area (Å²) in [4.78, 5) is 7.31. The summed E-state index contributed by atoms with van der Waals surface area (Å²) in [6.45, 7) is 1.37. The molecule has 0 spiro atoms. The molecule has 5 nitrogen and oxygen atoms in total. The van der Waals surface area contributed by atoms with Crippen LogP contribution in [0.5, 0.6) is 5.75 Å². The molecule has 158 valence electrons. The van der Waals surface area contributed by atoms with E-state index in [1.807, 2.05) is 18.2 Å². The zero-order valence-electron chi connectivity index (χ0n) is 16.6. The Morgan fingerprint density at radius 3 is 2.60 bits per heavy atom. The van der Waals surface area contributed by atoms with Crippen molar-refractivity contribution < 1.29 is 13.2 Å². The van der Waals surface area contributed by atoms with Gasteiger partial charge in [-0.1, -0.05) is 23.7 Å². The normalized spacial score (nSPS) is 15.3. The minimum Gasteiger partial charge on any atom is -0.497 e.